The lowest BCUT2D eigenvalue weighted by Crippen LogP contribution is -2.68. The Balaban J connectivity index is 1.73. The predicted octanol–water partition coefficient (Wildman–Crippen LogP) is 1.35. The summed E-state index contributed by atoms with van der Waals surface area (Å²) >= 11 is 0. The molecule has 0 aromatic heterocycles. The zero-order valence-corrected chi connectivity index (χ0v) is 20.4. The van der Waals surface area contributed by atoms with Crippen molar-refractivity contribution < 1.29 is 39.0 Å². The lowest BCUT2D eigenvalue weighted by atomic mass is 9.53. The van der Waals surface area contributed by atoms with E-state index in [0.717, 1.165) is 0 Å². The van der Waals surface area contributed by atoms with Gasteiger partial charge in [-0.1, -0.05) is 32.9 Å². The summed E-state index contributed by atoms with van der Waals surface area (Å²) in [6.07, 6.45) is 3.10. The van der Waals surface area contributed by atoms with Crippen LogP contribution in [0.1, 0.15) is 61.5 Å². The van der Waals surface area contributed by atoms with Gasteiger partial charge in [-0.05, 0) is 47.4 Å². The van der Waals surface area contributed by atoms with Crippen molar-refractivity contribution in [2.45, 2.75) is 52.1 Å². The van der Waals surface area contributed by atoms with Gasteiger partial charge in [0.05, 0.1) is 11.5 Å². The summed E-state index contributed by atoms with van der Waals surface area (Å²) in [4.78, 5) is 76.4. The van der Waals surface area contributed by atoms with Crippen LogP contribution in [0.25, 0.3) is 6.08 Å². The normalized spacial score (nSPS) is 30.1. The van der Waals surface area contributed by atoms with Crippen molar-refractivity contribution in [3.05, 3.63) is 34.9 Å². The third-order valence-corrected chi connectivity index (χ3v) is 7.48. The average Bonchev–Trinajstić information content (AvgIpc) is 2.74. The summed E-state index contributed by atoms with van der Waals surface area (Å²) < 4.78 is 0. The van der Waals surface area contributed by atoms with Gasteiger partial charge in [0.15, 0.2) is 40.4 Å². The first kappa shape index (κ1) is 25.6. The zero-order valence-electron chi connectivity index (χ0n) is 20.4. The van der Waals surface area contributed by atoms with E-state index in [0.29, 0.717) is 17.5 Å². The number of phenolic OH excluding ortho intramolecular Hbond substituents is 1. The first-order valence-corrected chi connectivity index (χ1v) is 11.9. The Morgan fingerprint density at radius 2 is 1.78 bits per heavy atom. The highest BCUT2D eigenvalue weighted by molar-refractivity contribution is 6.31. The maximum Gasteiger partial charge on any atom is 0.235 e. The summed E-state index contributed by atoms with van der Waals surface area (Å²) in [5, 5.41) is 21.7. The molecule has 1 aromatic rings. The minimum atomic E-state index is -2.67. The molecule has 5 atom stereocenters. The molecule has 2 fully saturated rings. The number of amides is 1. The van der Waals surface area contributed by atoms with E-state index < -0.39 is 58.3 Å². The van der Waals surface area contributed by atoms with Crippen LogP contribution in [0.3, 0.4) is 0 Å². The maximum absolute atomic E-state index is 13.5. The van der Waals surface area contributed by atoms with E-state index >= 15 is 0 Å². The molecule has 2 unspecified atom stereocenters. The molecule has 1 amide bonds. The fraction of sp³-hybridized carbons (Fsp3) is 0.481. The van der Waals surface area contributed by atoms with Gasteiger partial charge in [-0.2, -0.15) is 0 Å². The second-order valence-corrected chi connectivity index (χ2v) is 11.3. The fourth-order valence-electron chi connectivity index (χ4n) is 5.91. The Morgan fingerprint density at radius 1 is 1.11 bits per heavy atom. The monoisotopic (exact) mass is 495 g/mol. The maximum atomic E-state index is 13.5. The third-order valence-electron chi connectivity index (χ3n) is 7.48. The zero-order chi connectivity index (χ0) is 26.7. The van der Waals surface area contributed by atoms with Gasteiger partial charge in [0.1, 0.15) is 5.75 Å². The van der Waals surface area contributed by atoms with E-state index in [4.69, 9.17) is 5.73 Å². The van der Waals surface area contributed by atoms with Gasteiger partial charge in [0, 0.05) is 18.8 Å². The molecule has 0 aliphatic heterocycles. The van der Waals surface area contributed by atoms with Crippen LogP contribution in [0, 0.1) is 29.1 Å². The van der Waals surface area contributed by atoms with E-state index in [2.05, 4.69) is 0 Å². The number of nitrogens with two attached hydrogens (primary N) is 1. The molecule has 9 heteroatoms. The van der Waals surface area contributed by atoms with Crippen LogP contribution in [0.2, 0.25) is 0 Å². The van der Waals surface area contributed by atoms with Crippen LogP contribution in [-0.4, -0.2) is 50.6 Å². The van der Waals surface area contributed by atoms with Crippen LogP contribution in [0.15, 0.2) is 18.2 Å². The number of aliphatic hydroxyl groups is 1. The minimum absolute atomic E-state index is 0.0167. The number of aromatic hydroxyl groups is 1. The molecule has 2 saturated carbocycles. The second-order valence-electron chi connectivity index (χ2n) is 11.3. The molecule has 3 aliphatic carbocycles. The summed E-state index contributed by atoms with van der Waals surface area (Å²) in [6.45, 7) is 5.81. The second kappa shape index (κ2) is 8.58. The van der Waals surface area contributed by atoms with Gasteiger partial charge in [-0.3, -0.25) is 28.8 Å². The molecule has 0 bridgehead atoms. The highest BCUT2D eigenvalue weighted by Gasteiger charge is 2.66. The number of rotatable bonds is 4. The number of ketones is 5. The molecule has 36 heavy (non-hydrogen) atoms. The number of Topliss-reactive ketones (excluding diaryl/α,β-unsaturated/α-hetero) is 4. The molecule has 9 nitrogen and oxygen atoms in total. The lowest BCUT2D eigenvalue weighted by molar-refractivity contribution is -0.175. The van der Waals surface area contributed by atoms with Crippen molar-refractivity contribution in [3.63, 3.8) is 0 Å². The quantitative estimate of drug-likeness (QED) is 0.415. The van der Waals surface area contributed by atoms with Crippen molar-refractivity contribution in [1.29, 1.82) is 0 Å². The Kier molecular flexibility index (Phi) is 6.11. The Labute approximate surface area is 207 Å². The molecule has 4 rings (SSSR count). The highest BCUT2D eigenvalue weighted by atomic mass is 16.3. The topological polar surface area (TPSA) is 169 Å². The third kappa shape index (κ3) is 4.01. The first-order chi connectivity index (χ1) is 16.7. The van der Waals surface area contributed by atoms with E-state index in [9.17, 15) is 39.0 Å². The van der Waals surface area contributed by atoms with Crippen LogP contribution in [0.5, 0.6) is 5.75 Å². The summed E-state index contributed by atoms with van der Waals surface area (Å²) in [5.41, 5.74) is 3.21. The van der Waals surface area contributed by atoms with Crippen molar-refractivity contribution in [3.8, 4) is 5.75 Å². The van der Waals surface area contributed by atoms with E-state index in [1.165, 1.54) is 12.1 Å². The smallest absolute Gasteiger partial charge is 0.235 e. The number of fused-ring (bicyclic) bond motifs is 3. The Hall–Kier alpha value is -3.46. The van der Waals surface area contributed by atoms with Crippen molar-refractivity contribution >= 4 is 40.9 Å². The van der Waals surface area contributed by atoms with Gasteiger partial charge in [0.2, 0.25) is 5.91 Å². The SMILES string of the molecule is CC(C)(C)CC(=O)C=Cc1ccc(O)c2c1C[C@H]1C[C@H]3CC(=O)C(C(N)=O)C(=O)[C@@]3(O)C(=O)C1C2=O. The number of primary amides is 1. The fourth-order valence-corrected chi connectivity index (χ4v) is 5.91. The molecule has 4 N–H and O–H groups in total. The molecule has 1 aromatic carbocycles. The molecule has 3 aliphatic rings. The standard InChI is InChI=1S/C27H29NO8/c1-26(2,3)11-15(29)6-4-12-5-7-17(30)20-16(12)9-13-8-14-10-18(31)21(25(28)35)24(34)27(14,36)23(33)19(13)22(20)32/h4-7,13-14,19,21,30,36H,8-11H2,1-3H3,(H2,28,35)/t13-,14+,19?,21?,27+/m1/s1. The molecule has 0 radical (unpaired) electrons. The molecular formula is C27H29NO8. The van der Waals surface area contributed by atoms with E-state index in [1.807, 2.05) is 20.8 Å². The van der Waals surface area contributed by atoms with Crippen LogP contribution in [-0.2, 0) is 30.4 Å². The summed E-state index contributed by atoms with van der Waals surface area (Å²) in [6, 6.07) is 2.87. The Bertz CT molecular complexity index is 1250. The van der Waals surface area contributed by atoms with Gasteiger partial charge in [0.25, 0.3) is 0 Å². The minimum Gasteiger partial charge on any atom is -0.507 e. The Morgan fingerprint density at radius 3 is 2.39 bits per heavy atom. The number of phenols is 1. The number of carbonyl (C=O) groups excluding carboxylic acids is 6. The van der Waals surface area contributed by atoms with Crippen molar-refractivity contribution in [1.82, 2.24) is 0 Å². The van der Waals surface area contributed by atoms with Crippen LogP contribution < -0.4 is 5.73 Å². The van der Waals surface area contributed by atoms with Gasteiger partial charge >= 0.3 is 0 Å². The van der Waals surface area contributed by atoms with E-state index in [-0.39, 0.29) is 41.8 Å². The highest BCUT2D eigenvalue weighted by Crippen LogP contribution is 2.50. The molecule has 0 saturated heterocycles. The average molecular weight is 496 g/mol. The van der Waals surface area contributed by atoms with E-state index in [1.54, 1.807) is 12.1 Å². The summed E-state index contributed by atoms with van der Waals surface area (Å²) in [5.74, 6) is -10.6. The molecular weight excluding hydrogens is 466 g/mol. The molecule has 190 valence electrons. The van der Waals surface area contributed by atoms with Crippen LogP contribution in [0.4, 0.5) is 0 Å². The predicted molar refractivity (Wildman–Crippen MR) is 127 cm³/mol. The van der Waals surface area contributed by atoms with Gasteiger partial charge in [-0.15, -0.1) is 0 Å². The summed E-state index contributed by atoms with van der Waals surface area (Å²) in [7, 11) is 0. The van der Waals surface area contributed by atoms with Crippen molar-refractivity contribution in [2.75, 3.05) is 0 Å². The number of allylic oxidation sites excluding steroid dienone is 1. The first-order valence-electron chi connectivity index (χ1n) is 11.9. The number of benzene rings is 1. The number of hydrogen-bond donors (Lipinski definition) is 3. The number of carbonyl (C=O) groups is 6. The lowest BCUT2D eigenvalue weighted by Gasteiger charge is -2.48. The van der Waals surface area contributed by atoms with Crippen LogP contribution >= 0.6 is 0 Å². The number of hydrogen-bond acceptors (Lipinski definition) is 8. The van der Waals surface area contributed by atoms with Gasteiger partial charge in [-0.25, -0.2) is 0 Å². The van der Waals surface area contributed by atoms with Crippen molar-refractivity contribution in [2.24, 2.45) is 34.8 Å². The largest absolute Gasteiger partial charge is 0.507 e. The molecule has 0 spiro atoms. The van der Waals surface area contributed by atoms with Gasteiger partial charge < -0.3 is 15.9 Å². The molecule has 0 heterocycles.